The van der Waals surface area contributed by atoms with Gasteiger partial charge in [-0.25, -0.2) is 4.39 Å². The summed E-state index contributed by atoms with van der Waals surface area (Å²) in [7, 11) is 1.58. The van der Waals surface area contributed by atoms with Gasteiger partial charge >= 0.3 is 0 Å². The molecule has 0 saturated heterocycles. The number of hydrogen-bond acceptors (Lipinski definition) is 3. The Morgan fingerprint density at radius 3 is 2.34 bits per heavy atom. The van der Waals surface area contributed by atoms with Crippen LogP contribution in [0.25, 0.3) is 0 Å². The first-order valence-corrected chi connectivity index (χ1v) is 9.81. The molecule has 0 bridgehead atoms. The predicted molar refractivity (Wildman–Crippen MR) is 111 cm³/mol. The van der Waals surface area contributed by atoms with E-state index < -0.39 is 11.9 Å². The molecule has 29 heavy (non-hydrogen) atoms. The monoisotopic (exact) mass is 400 g/mol. The topological polar surface area (TPSA) is 58.6 Å². The highest BCUT2D eigenvalue weighted by Crippen LogP contribution is 2.17. The molecule has 2 amide bonds. The highest BCUT2D eigenvalue weighted by Gasteiger charge is 2.27. The Morgan fingerprint density at radius 2 is 1.76 bits per heavy atom. The van der Waals surface area contributed by atoms with Gasteiger partial charge in [0.05, 0.1) is 13.5 Å². The molecule has 1 N–H and O–H groups in total. The summed E-state index contributed by atoms with van der Waals surface area (Å²) >= 11 is 0. The Bertz CT molecular complexity index is 823. The molecule has 2 atom stereocenters. The van der Waals surface area contributed by atoms with Crippen LogP contribution in [0.3, 0.4) is 0 Å². The van der Waals surface area contributed by atoms with E-state index in [0.717, 1.165) is 12.0 Å². The molecule has 0 spiro atoms. The van der Waals surface area contributed by atoms with E-state index in [9.17, 15) is 14.0 Å². The highest BCUT2D eigenvalue weighted by molar-refractivity contribution is 5.88. The molecule has 0 saturated carbocycles. The molecule has 6 heteroatoms. The molecule has 0 heterocycles. The molecule has 0 aromatic heterocycles. The molecule has 2 aromatic rings. The number of methoxy groups -OCH3 is 1. The van der Waals surface area contributed by atoms with E-state index in [-0.39, 0.29) is 30.8 Å². The van der Waals surface area contributed by atoms with Crippen molar-refractivity contribution in [1.82, 2.24) is 10.2 Å². The van der Waals surface area contributed by atoms with Gasteiger partial charge in [-0.15, -0.1) is 0 Å². The number of carbonyl (C=O) groups is 2. The third-order valence-electron chi connectivity index (χ3n) is 4.98. The zero-order chi connectivity index (χ0) is 21.4. The Labute approximate surface area is 171 Å². The summed E-state index contributed by atoms with van der Waals surface area (Å²) in [6.45, 7) is 5.83. The first-order chi connectivity index (χ1) is 13.8. The normalized spacial score (nSPS) is 12.7. The molecule has 0 aliphatic rings. The first-order valence-electron chi connectivity index (χ1n) is 9.81. The summed E-state index contributed by atoms with van der Waals surface area (Å²) in [4.78, 5) is 27.2. The minimum atomic E-state index is -0.689. The Balaban J connectivity index is 2.24. The zero-order valence-corrected chi connectivity index (χ0v) is 17.4. The fourth-order valence-electron chi connectivity index (χ4n) is 2.88. The Morgan fingerprint density at radius 1 is 1.10 bits per heavy atom. The van der Waals surface area contributed by atoms with E-state index in [2.05, 4.69) is 5.32 Å². The van der Waals surface area contributed by atoms with Crippen LogP contribution in [0.1, 0.15) is 38.3 Å². The number of benzene rings is 2. The second-order valence-corrected chi connectivity index (χ2v) is 7.13. The molecule has 5 nitrogen and oxygen atoms in total. The highest BCUT2D eigenvalue weighted by atomic mass is 19.1. The third-order valence-corrected chi connectivity index (χ3v) is 4.98. The van der Waals surface area contributed by atoms with Crippen LogP contribution in [-0.4, -0.2) is 35.9 Å². The van der Waals surface area contributed by atoms with Crippen LogP contribution in [0.2, 0.25) is 0 Å². The predicted octanol–water partition coefficient (Wildman–Crippen LogP) is 3.71. The van der Waals surface area contributed by atoms with Gasteiger partial charge in [-0.2, -0.15) is 0 Å². The molecular formula is C23H29FN2O3. The lowest BCUT2D eigenvalue weighted by molar-refractivity contribution is -0.140. The van der Waals surface area contributed by atoms with Crippen molar-refractivity contribution in [3.63, 3.8) is 0 Å². The van der Waals surface area contributed by atoms with E-state index in [4.69, 9.17) is 4.74 Å². The van der Waals surface area contributed by atoms with E-state index in [0.29, 0.717) is 11.3 Å². The Hall–Kier alpha value is -2.89. The second kappa shape index (κ2) is 10.6. The van der Waals surface area contributed by atoms with Gasteiger partial charge < -0.3 is 15.0 Å². The lowest BCUT2D eigenvalue weighted by Crippen LogP contribution is -2.49. The lowest BCUT2D eigenvalue weighted by Gasteiger charge is -2.30. The zero-order valence-electron chi connectivity index (χ0n) is 17.4. The van der Waals surface area contributed by atoms with Crippen molar-refractivity contribution in [2.75, 3.05) is 7.11 Å². The van der Waals surface area contributed by atoms with Crippen LogP contribution in [0.5, 0.6) is 5.75 Å². The quantitative estimate of drug-likeness (QED) is 0.698. The fourth-order valence-corrected chi connectivity index (χ4v) is 2.88. The SMILES string of the molecule is CCC(C)NC(=O)C(C)N(Cc1ccc(OC)cc1)C(=O)Cc1ccccc1F. The van der Waals surface area contributed by atoms with E-state index >= 15 is 0 Å². The maximum atomic E-state index is 14.0. The van der Waals surface area contributed by atoms with Gasteiger partial charge in [0, 0.05) is 12.6 Å². The summed E-state index contributed by atoms with van der Waals surface area (Å²) in [6, 6.07) is 12.8. The smallest absolute Gasteiger partial charge is 0.242 e. The van der Waals surface area contributed by atoms with Crippen molar-refractivity contribution in [3.05, 3.63) is 65.5 Å². The largest absolute Gasteiger partial charge is 0.497 e. The molecule has 156 valence electrons. The van der Waals surface area contributed by atoms with Crippen molar-refractivity contribution in [2.24, 2.45) is 0 Å². The van der Waals surface area contributed by atoms with Crippen LogP contribution in [0.4, 0.5) is 4.39 Å². The van der Waals surface area contributed by atoms with E-state index in [1.165, 1.54) is 11.0 Å². The summed E-state index contributed by atoms with van der Waals surface area (Å²) in [5.74, 6) is -0.255. The number of hydrogen-bond donors (Lipinski definition) is 1. The number of rotatable bonds is 9. The van der Waals surface area contributed by atoms with Crippen LogP contribution >= 0.6 is 0 Å². The third kappa shape index (κ3) is 6.31. The molecule has 0 fully saturated rings. The second-order valence-electron chi connectivity index (χ2n) is 7.13. The molecule has 2 unspecified atom stereocenters. The van der Waals surface area contributed by atoms with Gasteiger partial charge in [-0.1, -0.05) is 37.3 Å². The van der Waals surface area contributed by atoms with Crippen LogP contribution < -0.4 is 10.1 Å². The number of carbonyl (C=O) groups excluding carboxylic acids is 2. The number of nitrogens with zero attached hydrogens (tertiary/aromatic N) is 1. The summed E-state index contributed by atoms with van der Waals surface area (Å²) in [6.07, 6.45) is 0.684. The average molecular weight is 400 g/mol. The van der Waals surface area contributed by atoms with Crippen LogP contribution in [0, 0.1) is 5.82 Å². The molecule has 2 aromatic carbocycles. The molecule has 0 aliphatic carbocycles. The van der Waals surface area contributed by atoms with Crippen LogP contribution in [0.15, 0.2) is 48.5 Å². The van der Waals surface area contributed by atoms with Gasteiger partial charge in [0.1, 0.15) is 17.6 Å². The van der Waals surface area contributed by atoms with Gasteiger partial charge in [-0.3, -0.25) is 9.59 Å². The molecule has 0 aliphatic heterocycles. The van der Waals surface area contributed by atoms with Crippen molar-refractivity contribution < 1.29 is 18.7 Å². The maximum absolute atomic E-state index is 14.0. The summed E-state index contributed by atoms with van der Waals surface area (Å²) in [5, 5.41) is 2.92. The van der Waals surface area contributed by atoms with E-state index in [1.807, 2.05) is 26.0 Å². The standard InChI is InChI=1S/C23H29FN2O3/c1-5-16(2)25-23(28)17(3)26(15-18-10-12-20(29-4)13-11-18)22(27)14-19-8-6-7-9-21(19)24/h6-13,16-17H,5,14-15H2,1-4H3,(H,25,28). The summed E-state index contributed by atoms with van der Waals surface area (Å²) in [5.41, 5.74) is 1.17. The van der Waals surface area contributed by atoms with Gasteiger partial charge in [0.25, 0.3) is 0 Å². The molecule has 0 radical (unpaired) electrons. The molecule has 2 rings (SSSR count). The minimum absolute atomic E-state index is 0.00876. The van der Waals surface area contributed by atoms with Crippen molar-refractivity contribution in [2.45, 2.75) is 52.2 Å². The van der Waals surface area contributed by atoms with Crippen LogP contribution in [-0.2, 0) is 22.6 Å². The Kier molecular flexibility index (Phi) is 8.19. The van der Waals surface area contributed by atoms with Gasteiger partial charge in [0.15, 0.2) is 0 Å². The minimum Gasteiger partial charge on any atom is -0.497 e. The maximum Gasteiger partial charge on any atom is 0.242 e. The number of halogens is 1. The van der Waals surface area contributed by atoms with Crippen molar-refractivity contribution in [3.8, 4) is 5.75 Å². The molecular weight excluding hydrogens is 371 g/mol. The summed E-state index contributed by atoms with van der Waals surface area (Å²) < 4.78 is 19.2. The lowest BCUT2D eigenvalue weighted by atomic mass is 10.1. The fraction of sp³-hybridized carbons (Fsp3) is 0.391. The average Bonchev–Trinajstić information content (AvgIpc) is 2.73. The number of amides is 2. The van der Waals surface area contributed by atoms with Gasteiger partial charge in [0.2, 0.25) is 11.8 Å². The van der Waals surface area contributed by atoms with Crippen molar-refractivity contribution in [1.29, 1.82) is 0 Å². The number of nitrogens with one attached hydrogen (secondary N) is 1. The van der Waals surface area contributed by atoms with Gasteiger partial charge in [-0.05, 0) is 49.6 Å². The van der Waals surface area contributed by atoms with E-state index in [1.54, 1.807) is 44.4 Å². The first kappa shape index (κ1) is 22.4. The van der Waals surface area contributed by atoms with Crippen molar-refractivity contribution >= 4 is 11.8 Å². The number of ether oxygens (including phenoxy) is 1.